The zero-order valence-electron chi connectivity index (χ0n) is 13.0. The number of nitrogens with zero attached hydrogens (tertiary/aromatic N) is 1. The molecule has 0 saturated carbocycles. The molecule has 1 saturated heterocycles. The number of carbonyl (C=O) groups is 2. The smallest absolute Gasteiger partial charge is 0.244 e. The summed E-state index contributed by atoms with van der Waals surface area (Å²) in [6.07, 6.45) is 5.24. The monoisotopic (exact) mass is 302 g/mol. The zero-order chi connectivity index (χ0) is 15.9. The third kappa shape index (κ3) is 4.35. The second-order valence-corrected chi connectivity index (χ2v) is 5.37. The molecule has 1 aliphatic rings. The van der Waals surface area contributed by atoms with Gasteiger partial charge in [-0.25, -0.2) is 0 Å². The first-order chi connectivity index (χ1) is 10.6. The van der Waals surface area contributed by atoms with Crippen molar-refractivity contribution >= 4 is 17.9 Å². The van der Waals surface area contributed by atoms with Crippen molar-refractivity contribution in [1.82, 2.24) is 10.2 Å². The minimum Gasteiger partial charge on any atom is -0.497 e. The Morgan fingerprint density at radius 3 is 2.45 bits per heavy atom. The van der Waals surface area contributed by atoms with Crippen molar-refractivity contribution in [2.24, 2.45) is 0 Å². The summed E-state index contributed by atoms with van der Waals surface area (Å²) < 4.78 is 5.08. The fourth-order valence-electron chi connectivity index (χ4n) is 2.42. The highest BCUT2D eigenvalue weighted by Crippen LogP contribution is 2.12. The molecule has 0 bridgehead atoms. The van der Waals surface area contributed by atoms with Crippen molar-refractivity contribution in [2.45, 2.75) is 25.8 Å². The predicted molar refractivity (Wildman–Crippen MR) is 85.4 cm³/mol. The lowest BCUT2D eigenvalue weighted by molar-refractivity contribution is -0.134. The van der Waals surface area contributed by atoms with Gasteiger partial charge in [0.05, 0.1) is 7.11 Å². The van der Waals surface area contributed by atoms with Crippen molar-refractivity contribution in [1.29, 1.82) is 0 Å². The molecule has 1 aliphatic heterocycles. The largest absolute Gasteiger partial charge is 0.497 e. The minimum atomic E-state index is -0.494. The second-order valence-electron chi connectivity index (χ2n) is 5.37. The molecule has 1 N–H and O–H groups in total. The molecule has 1 heterocycles. The molecule has 22 heavy (non-hydrogen) atoms. The van der Waals surface area contributed by atoms with Crippen LogP contribution < -0.4 is 10.1 Å². The highest BCUT2D eigenvalue weighted by Gasteiger charge is 2.23. The number of methoxy groups -OCH3 is 1. The van der Waals surface area contributed by atoms with Crippen LogP contribution in [0, 0.1) is 0 Å². The van der Waals surface area contributed by atoms with Crippen LogP contribution in [0.4, 0.5) is 0 Å². The van der Waals surface area contributed by atoms with Crippen molar-refractivity contribution in [3.05, 3.63) is 35.9 Å². The van der Waals surface area contributed by atoms with Crippen LogP contribution in [-0.2, 0) is 9.59 Å². The van der Waals surface area contributed by atoms with Gasteiger partial charge in [-0.2, -0.15) is 0 Å². The number of ether oxygens (including phenoxy) is 1. The molecule has 0 spiro atoms. The number of hydrogen-bond donors (Lipinski definition) is 1. The Morgan fingerprint density at radius 2 is 1.86 bits per heavy atom. The summed E-state index contributed by atoms with van der Waals surface area (Å²) in [5.41, 5.74) is 0.898. The summed E-state index contributed by atoms with van der Waals surface area (Å²) in [6.45, 7) is 3.31. The molecule has 118 valence electrons. The van der Waals surface area contributed by atoms with Gasteiger partial charge in [0.1, 0.15) is 11.8 Å². The molecule has 2 rings (SSSR count). The average molecular weight is 302 g/mol. The lowest BCUT2D eigenvalue weighted by Gasteiger charge is -2.20. The molecule has 0 aromatic heterocycles. The molecule has 0 aliphatic carbocycles. The Bertz CT molecular complexity index is 546. The van der Waals surface area contributed by atoms with E-state index >= 15 is 0 Å². The number of rotatable bonds is 5. The Balaban J connectivity index is 1.85. The van der Waals surface area contributed by atoms with Crippen LogP contribution >= 0.6 is 0 Å². The SMILES string of the molecule is COc1ccc(/C=C/C(=O)NC(C)C(=O)N2CCCC2)cc1. The summed E-state index contributed by atoms with van der Waals surface area (Å²) in [5.74, 6) is 0.492. The number of nitrogens with one attached hydrogen (secondary N) is 1. The molecule has 1 aromatic rings. The number of hydrogen-bond acceptors (Lipinski definition) is 3. The van der Waals surface area contributed by atoms with Crippen LogP contribution in [0.5, 0.6) is 5.75 Å². The third-order valence-electron chi connectivity index (χ3n) is 3.69. The molecule has 2 amide bonds. The Hall–Kier alpha value is -2.30. The van der Waals surface area contributed by atoms with Crippen LogP contribution in [-0.4, -0.2) is 43.0 Å². The quantitative estimate of drug-likeness (QED) is 0.844. The van der Waals surface area contributed by atoms with E-state index in [9.17, 15) is 9.59 Å². The average Bonchev–Trinajstić information content (AvgIpc) is 3.07. The van der Waals surface area contributed by atoms with Crippen molar-refractivity contribution < 1.29 is 14.3 Å². The Kier molecular flexibility index (Phi) is 5.58. The Morgan fingerprint density at radius 1 is 1.23 bits per heavy atom. The van der Waals surface area contributed by atoms with E-state index in [1.165, 1.54) is 6.08 Å². The maximum atomic E-state index is 12.1. The summed E-state index contributed by atoms with van der Waals surface area (Å²) in [7, 11) is 1.61. The lowest BCUT2D eigenvalue weighted by atomic mass is 10.2. The summed E-state index contributed by atoms with van der Waals surface area (Å²) in [5, 5.41) is 2.71. The van der Waals surface area contributed by atoms with E-state index in [1.807, 2.05) is 24.3 Å². The molecule has 5 nitrogen and oxygen atoms in total. The summed E-state index contributed by atoms with van der Waals surface area (Å²) >= 11 is 0. The topological polar surface area (TPSA) is 58.6 Å². The van der Waals surface area contributed by atoms with Crippen LogP contribution in [0.3, 0.4) is 0 Å². The first-order valence-electron chi connectivity index (χ1n) is 7.51. The molecule has 5 heteroatoms. The molecule has 1 unspecified atom stereocenters. The fourth-order valence-corrected chi connectivity index (χ4v) is 2.42. The Labute approximate surface area is 130 Å². The third-order valence-corrected chi connectivity index (χ3v) is 3.69. The van der Waals surface area contributed by atoms with Crippen molar-refractivity contribution in [3.8, 4) is 5.75 Å². The number of benzene rings is 1. The van der Waals surface area contributed by atoms with Gasteiger partial charge in [0, 0.05) is 19.2 Å². The van der Waals surface area contributed by atoms with Gasteiger partial charge in [-0.05, 0) is 43.5 Å². The van der Waals surface area contributed by atoms with Crippen molar-refractivity contribution in [3.63, 3.8) is 0 Å². The first-order valence-corrected chi connectivity index (χ1v) is 7.51. The van der Waals surface area contributed by atoms with E-state index in [4.69, 9.17) is 4.74 Å². The maximum Gasteiger partial charge on any atom is 0.244 e. The van der Waals surface area contributed by atoms with Gasteiger partial charge in [-0.3, -0.25) is 9.59 Å². The van der Waals surface area contributed by atoms with Gasteiger partial charge in [-0.15, -0.1) is 0 Å². The van der Waals surface area contributed by atoms with Crippen molar-refractivity contribution in [2.75, 3.05) is 20.2 Å². The van der Waals surface area contributed by atoms with E-state index < -0.39 is 6.04 Å². The maximum absolute atomic E-state index is 12.1. The van der Waals surface area contributed by atoms with Gasteiger partial charge in [0.25, 0.3) is 0 Å². The fraction of sp³-hybridized carbons (Fsp3) is 0.412. The number of amides is 2. The van der Waals surface area contributed by atoms with E-state index in [0.717, 1.165) is 37.2 Å². The van der Waals surface area contributed by atoms with Gasteiger partial charge in [0.2, 0.25) is 11.8 Å². The molecule has 1 aromatic carbocycles. The highest BCUT2D eigenvalue weighted by molar-refractivity contribution is 5.95. The van der Waals surface area contributed by atoms with E-state index in [0.29, 0.717) is 0 Å². The molecule has 1 atom stereocenters. The van der Waals surface area contributed by atoms with Gasteiger partial charge >= 0.3 is 0 Å². The van der Waals surface area contributed by atoms with Crippen LogP contribution in [0.1, 0.15) is 25.3 Å². The minimum absolute atomic E-state index is 0.0105. The number of likely N-dealkylation sites (tertiary alicyclic amines) is 1. The van der Waals surface area contributed by atoms with E-state index in [-0.39, 0.29) is 11.8 Å². The zero-order valence-corrected chi connectivity index (χ0v) is 13.0. The molecule has 1 fully saturated rings. The molecular weight excluding hydrogens is 280 g/mol. The number of carbonyl (C=O) groups excluding carboxylic acids is 2. The lowest BCUT2D eigenvalue weighted by Crippen LogP contribution is -2.45. The van der Waals surface area contributed by atoms with Gasteiger partial charge < -0.3 is 15.0 Å². The van der Waals surface area contributed by atoms with Crippen LogP contribution in [0.25, 0.3) is 6.08 Å². The van der Waals surface area contributed by atoms with E-state index in [2.05, 4.69) is 5.32 Å². The second kappa shape index (κ2) is 7.64. The summed E-state index contributed by atoms with van der Waals surface area (Å²) in [6, 6.07) is 6.89. The van der Waals surface area contributed by atoms with Crippen LogP contribution in [0.2, 0.25) is 0 Å². The van der Waals surface area contributed by atoms with Crippen LogP contribution in [0.15, 0.2) is 30.3 Å². The van der Waals surface area contributed by atoms with Gasteiger partial charge in [-0.1, -0.05) is 12.1 Å². The van der Waals surface area contributed by atoms with E-state index in [1.54, 1.807) is 25.0 Å². The highest BCUT2D eigenvalue weighted by atomic mass is 16.5. The first kappa shape index (κ1) is 16.1. The standard InChI is InChI=1S/C17H22N2O3/c1-13(17(21)19-11-3-4-12-19)18-16(20)10-7-14-5-8-15(22-2)9-6-14/h5-10,13H,3-4,11-12H2,1-2H3,(H,18,20)/b10-7+. The molecule has 0 radical (unpaired) electrons. The van der Waals surface area contributed by atoms with Gasteiger partial charge in [0.15, 0.2) is 0 Å². The normalized spacial score (nSPS) is 15.8. The molecular formula is C17H22N2O3. The summed E-state index contributed by atoms with van der Waals surface area (Å²) in [4.78, 5) is 25.8. The predicted octanol–water partition coefficient (Wildman–Crippen LogP) is 1.84.